The number of benzene rings is 10. The van der Waals surface area contributed by atoms with E-state index in [2.05, 4.69) is 118 Å². The van der Waals surface area contributed by atoms with Crippen molar-refractivity contribution < 1.29 is 71.9 Å². The Bertz CT molecular complexity index is 5840. The molecule has 4 aliphatic rings. The van der Waals surface area contributed by atoms with Crippen LogP contribution in [0.3, 0.4) is 0 Å². The average Bonchev–Trinajstić information content (AvgIpc) is 1.73. The van der Waals surface area contributed by atoms with Gasteiger partial charge in [-0.05, 0) is 145 Å². The molecular weight excluding hydrogens is 1840 g/mol. The fourth-order valence-electron chi connectivity index (χ4n) is 17.5. The topological polar surface area (TPSA) is 294 Å². The molecule has 12 aromatic rings. The molecule has 700 valence electrons. The number of esters is 2. The highest BCUT2D eigenvalue weighted by Crippen LogP contribution is 2.48. The van der Waals surface area contributed by atoms with Gasteiger partial charge in [-0.3, -0.25) is 14.6 Å². The van der Waals surface area contributed by atoms with E-state index < -0.39 is 115 Å². The second-order valence-corrected chi connectivity index (χ2v) is 39.8. The number of carboxylic acids is 1. The molecule has 2 aliphatic carbocycles. The smallest absolute Gasteiger partial charge is 0.430 e. The van der Waals surface area contributed by atoms with Gasteiger partial charge in [0, 0.05) is 50.2 Å². The average molecular weight is 1940 g/mol. The number of alkyl carbamates (subject to hydrolysis) is 2. The van der Waals surface area contributed by atoms with Crippen molar-refractivity contribution in [2.45, 2.75) is 146 Å². The lowest BCUT2D eigenvalue weighted by atomic mass is 9.77. The second-order valence-electron chi connectivity index (χ2n) is 34.8. The third kappa shape index (κ3) is 23.8. The van der Waals surface area contributed by atoms with Crippen LogP contribution in [0.4, 0.5) is 19.2 Å². The molecule has 5 amide bonds. The minimum absolute atomic E-state index is 0.00499. The van der Waals surface area contributed by atoms with E-state index in [-0.39, 0.29) is 57.4 Å². The number of aliphatic carboxylic acids is 1. The van der Waals surface area contributed by atoms with Crippen LogP contribution in [0.1, 0.15) is 146 Å². The van der Waals surface area contributed by atoms with Gasteiger partial charge in [-0.15, -0.1) is 0 Å². The van der Waals surface area contributed by atoms with Crippen LogP contribution in [-0.2, 0) is 71.5 Å². The number of fused-ring (bicyclic) bond motifs is 6. The molecule has 4 atom stereocenters. The summed E-state index contributed by atoms with van der Waals surface area (Å²) in [5.41, 5.74) is 15.6. The maximum Gasteiger partial charge on any atom is 0.430 e. The molecule has 4 heterocycles. The van der Waals surface area contributed by atoms with Gasteiger partial charge in [0.2, 0.25) is 7.59 Å². The molecule has 2 saturated heterocycles. The van der Waals surface area contributed by atoms with Crippen molar-refractivity contribution in [2.24, 2.45) is 0 Å². The molecule has 0 radical (unpaired) electrons. The van der Waals surface area contributed by atoms with Gasteiger partial charge in [-0.25, -0.2) is 49.2 Å². The van der Waals surface area contributed by atoms with Gasteiger partial charge in [-0.1, -0.05) is 349 Å². The van der Waals surface area contributed by atoms with E-state index in [1.807, 2.05) is 204 Å². The summed E-state index contributed by atoms with van der Waals surface area (Å²) >= 11 is 34.3. The van der Waals surface area contributed by atoms with Crippen molar-refractivity contribution in [3.8, 4) is 22.3 Å². The number of rotatable bonds is 24. The van der Waals surface area contributed by atoms with Crippen LogP contribution in [0.2, 0.25) is 0 Å². The maximum absolute atomic E-state index is 14.5. The van der Waals surface area contributed by atoms with Crippen molar-refractivity contribution in [1.29, 1.82) is 0 Å². The number of carbonyl (C=O) groups is 8. The molecule has 2 aromatic heterocycles. The summed E-state index contributed by atoms with van der Waals surface area (Å²) in [6.45, 7) is 9.73. The lowest BCUT2D eigenvalue weighted by Crippen LogP contribution is -2.61. The largest absolute Gasteiger partial charge is 0.480 e. The van der Waals surface area contributed by atoms with Gasteiger partial charge in [0.05, 0.1) is 24.0 Å². The van der Waals surface area contributed by atoms with E-state index in [0.717, 1.165) is 87.9 Å². The van der Waals surface area contributed by atoms with Crippen LogP contribution in [0.5, 0.6) is 0 Å². The first-order valence-corrected chi connectivity index (χ1v) is 46.4. The Labute approximate surface area is 813 Å². The van der Waals surface area contributed by atoms with Gasteiger partial charge in [0.25, 0.3) is 5.91 Å². The SMILES string of the molecule is CC(C)(C)OC(=O)N1CCC[C@@H](C(=O)OCC(Cl)(Cl)Cl)N1C(=O)OC(C)(C)C.O=C(N[C@@H](Cc1cn(C(c2ccccc2)(c2ccccc2)c2ccccc2)cn1)C(=O)N1CCC[C@@H](C(=O)OCC(Cl)(Cl)Cl)N1)OCC1c2ccccc2-c2ccccc21.O=C(N[C@@H](Cc1cn(C(c2ccccc2)(c2ccccc2)c2ccccc2)cn1)C(=O)O)OCC1c2ccccc2-c2ccccc21. The zero-order valence-corrected chi connectivity index (χ0v) is 79.4. The predicted octanol–water partition coefficient (Wildman–Crippen LogP) is 20.3. The number of aromatic nitrogens is 4. The van der Waals surface area contributed by atoms with Crippen LogP contribution in [-0.4, -0.2) is 170 Å². The predicted molar refractivity (Wildman–Crippen MR) is 517 cm³/mol. The Kier molecular flexibility index (Phi) is 31.5. The number of hydrogen-bond acceptors (Lipinski definition) is 17. The second kappa shape index (κ2) is 43.3. The summed E-state index contributed by atoms with van der Waals surface area (Å²) in [6, 6.07) is 88.9. The van der Waals surface area contributed by atoms with E-state index in [4.69, 9.17) is 103 Å². The molecule has 0 bridgehead atoms. The monoisotopic (exact) mass is 1940 g/mol. The number of nitrogens with zero attached hydrogens (tertiary/aromatic N) is 7. The molecule has 0 spiro atoms. The van der Waals surface area contributed by atoms with Crippen LogP contribution >= 0.6 is 69.6 Å². The molecule has 16 rings (SSSR count). The number of nitrogens with one attached hydrogen (secondary N) is 3. The number of ether oxygens (including phenoxy) is 6. The Balaban J connectivity index is 0.000000173. The highest BCUT2D eigenvalue weighted by Gasteiger charge is 2.47. The van der Waals surface area contributed by atoms with E-state index >= 15 is 0 Å². The van der Waals surface area contributed by atoms with Gasteiger partial charge in [0.15, 0.2) is 6.04 Å². The number of hydrazine groups is 2. The molecule has 0 unspecified atom stereocenters. The number of hydrogen-bond donors (Lipinski definition) is 4. The van der Waals surface area contributed by atoms with Crippen molar-refractivity contribution in [3.63, 3.8) is 0 Å². The molecule has 0 saturated carbocycles. The standard InChI is InChI=1S/C47H42Cl3N5O5.C40H33N3O4.C17H27Cl3N2O6/c48-46(49,50)30-60-44(57)41-25-14-26-55(53-41)43(56)42(52-45(58)59-29-40-38-23-12-10-21-36(38)37-22-11-13-24-39(37)40)27-35-28-54(31-51-35)47(32-15-4-1-5-16-32,33-17-6-2-7-18-33)34-19-8-3-9-20-34;44-38(45)37(42-39(46)47-26-36-34-22-12-10-20-32(34)33-21-11-13-23-35(33)36)24-31-25-43(27-41-31)40(28-14-4-1-5-15-28,29-16-6-2-7-17-29)30-18-8-3-9-19-30;1-15(2,3)27-13(24)21-9-7-8-11(12(23)26-10-17(18,19)20)22(21)14(25)28-16(4,5)6/h1-13,15-24,28,31,40-42,53H,14,25-27,29-30H2,(H,52,58);1-23,25,27,36-37H,24,26H2,(H,42,46)(H,44,45);11H,7-10H2,1-6H3/t41-,42-;37-;11-/m000/s1. The number of carbonyl (C=O) groups excluding carboxylic acids is 7. The normalized spacial score (nSPS) is 15.3. The Morgan fingerprint density at radius 2 is 0.741 bits per heavy atom. The lowest BCUT2D eigenvalue weighted by Gasteiger charge is -2.42. The van der Waals surface area contributed by atoms with E-state index in [1.165, 1.54) is 5.01 Å². The summed E-state index contributed by atoms with van der Waals surface area (Å²) in [6.07, 6.45) is 5.57. The van der Waals surface area contributed by atoms with Crippen molar-refractivity contribution in [1.82, 2.24) is 50.2 Å². The molecule has 135 heavy (non-hydrogen) atoms. The number of carboxylic acid groups (broad SMARTS) is 1. The summed E-state index contributed by atoms with van der Waals surface area (Å²) < 4.78 is 33.0. The van der Waals surface area contributed by atoms with Crippen LogP contribution < -0.4 is 16.1 Å². The third-order valence-corrected chi connectivity index (χ3v) is 23.9. The van der Waals surface area contributed by atoms with Gasteiger partial charge < -0.3 is 53.3 Å². The minimum Gasteiger partial charge on any atom is -0.480 e. The first-order valence-electron chi connectivity index (χ1n) is 44.1. The van der Waals surface area contributed by atoms with Crippen LogP contribution in [0, 0.1) is 0 Å². The molecule has 2 fully saturated rings. The fraction of sp³-hybridized carbons (Fsp3) is 0.288. The Morgan fingerprint density at radius 1 is 0.415 bits per heavy atom. The molecule has 25 nitrogen and oxygen atoms in total. The van der Waals surface area contributed by atoms with E-state index in [1.54, 1.807) is 54.2 Å². The third-order valence-electron chi connectivity index (χ3n) is 23.2. The Hall–Kier alpha value is -12.7. The lowest BCUT2D eigenvalue weighted by molar-refractivity contribution is -0.161. The summed E-state index contributed by atoms with van der Waals surface area (Å²) in [5, 5.41) is 18.8. The van der Waals surface area contributed by atoms with Gasteiger partial charge >= 0.3 is 42.3 Å². The molecule has 10 aromatic carbocycles. The summed E-state index contributed by atoms with van der Waals surface area (Å²) in [5.74, 6) is -3.46. The van der Waals surface area contributed by atoms with Crippen LogP contribution in [0.15, 0.2) is 304 Å². The van der Waals surface area contributed by atoms with Crippen molar-refractivity contribution in [3.05, 3.63) is 371 Å². The molecular formula is C104H102Cl6N10O15. The summed E-state index contributed by atoms with van der Waals surface area (Å²) in [7, 11) is 0. The summed E-state index contributed by atoms with van der Waals surface area (Å²) in [4.78, 5) is 114. The van der Waals surface area contributed by atoms with E-state index in [0.29, 0.717) is 30.7 Å². The zero-order chi connectivity index (χ0) is 95.8. The highest BCUT2D eigenvalue weighted by atomic mass is 35.6. The number of amides is 5. The van der Waals surface area contributed by atoms with Crippen LogP contribution in [0.25, 0.3) is 22.3 Å². The first kappa shape index (κ1) is 98.3. The number of halogens is 6. The molecule has 2 aliphatic heterocycles. The number of alkyl halides is 6. The number of imidazole rings is 2. The maximum atomic E-state index is 14.5. The Morgan fingerprint density at radius 3 is 1.10 bits per heavy atom. The zero-order valence-electron chi connectivity index (χ0n) is 74.9. The van der Waals surface area contributed by atoms with Gasteiger partial charge in [0.1, 0.15) is 66.8 Å². The fourth-order valence-corrected chi connectivity index (χ4v) is 17.9. The van der Waals surface area contributed by atoms with Crippen molar-refractivity contribution in [2.75, 3.05) is 39.5 Å². The highest BCUT2D eigenvalue weighted by molar-refractivity contribution is 6.68. The van der Waals surface area contributed by atoms with E-state index in [9.17, 15) is 43.5 Å². The minimum atomic E-state index is -1.80. The van der Waals surface area contributed by atoms with Crippen molar-refractivity contribution >= 4 is 118 Å². The molecule has 31 heteroatoms. The first-order chi connectivity index (χ1) is 64.7. The molecule has 4 N–H and O–H groups in total. The van der Waals surface area contributed by atoms with Gasteiger partial charge in [-0.2, -0.15) is 5.01 Å². The quantitative estimate of drug-likeness (QED) is 0.0189.